The van der Waals surface area contributed by atoms with E-state index in [4.69, 9.17) is 4.74 Å². The summed E-state index contributed by atoms with van der Waals surface area (Å²) in [5.74, 6) is 1.69. The third-order valence-corrected chi connectivity index (χ3v) is 4.34. The highest BCUT2D eigenvalue weighted by Gasteiger charge is 2.15. The first kappa shape index (κ1) is 23.2. The first-order valence-electron chi connectivity index (χ1n) is 8.93. The van der Waals surface area contributed by atoms with E-state index in [1.165, 1.54) is 11.1 Å². The quantitative estimate of drug-likeness (QED) is 0.345. The van der Waals surface area contributed by atoms with E-state index in [0.717, 1.165) is 31.2 Å². The number of hydrogen-bond donors (Lipinski definition) is 2. The number of nitrogens with zero attached hydrogens (tertiary/aromatic N) is 2. The SMILES string of the molecule is CN=C(NCCc1ccccc1)NCC(c1cccc(OC)c1)N(C)C.I. The molecular formula is C21H31IN4O. The number of benzene rings is 2. The highest BCUT2D eigenvalue weighted by Crippen LogP contribution is 2.22. The van der Waals surface area contributed by atoms with Crippen molar-refractivity contribution in [2.45, 2.75) is 12.5 Å². The zero-order chi connectivity index (χ0) is 18.8. The molecule has 27 heavy (non-hydrogen) atoms. The highest BCUT2D eigenvalue weighted by atomic mass is 127. The number of halogens is 1. The van der Waals surface area contributed by atoms with Gasteiger partial charge in [0.15, 0.2) is 5.96 Å². The average molecular weight is 482 g/mol. The van der Waals surface area contributed by atoms with Gasteiger partial charge >= 0.3 is 0 Å². The molecule has 0 bridgehead atoms. The summed E-state index contributed by atoms with van der Waals surface area (Å²) in [7, 11) is 7.66. The monoisotopic (exact) mass is 482 g/mol. The molecule has 0 aliphatic carbocycles. The Morgan fingerprint density at radius 3 is 2.44 bits per heavy atom. The minimum absolute atomic E-state index is 0. The minimum atomic E-state index is 0. The molecule has 0 fully saturated rings. The number of nitrogens with one attached hydrogen (secondary N) is 2. The van der Waals surface area contributed by atoms with Crippen molar-refractivity contribution in [2.75, 3.05) is 41.3 Å². The van der Waals surface area contributed by atoms with E-state index < -0.39 is 0 Å². The molecule has 0 radical (unpaired) electrons. The standard InChI is InChI=1S/C21H30N4O.HI/c1-22-21(23-14-13-17-9-6-5-7-10-17)24-16-20(25(2)3)18-11-8-12-19(15-18)26-4;/h5-12,15,20H,13-14,16H2,1-4H3,(H2,22,23,24);1H. The van der Waals surface area contributed by atoms with Crippen molar-refractivity contribution >= 4 is 29.9 Å². The van der Waals surface area contributed by atoms with Gasteiger partial charge in [-0.1, -0.05) is 42.5 Å². The molecule has 2 aromatic carbocycles. The first-order chi connectivity index (χ1) is 12.6. The molecule has 0 heterocycles. The fourth-order valence-corrected chi connectivity index (χ4v) is 2.83. The number of hydrogen-bond acceptors (Lipinski definition) is 3. The topological polar surface area (TPSA) is 48.9 Å². The van der Waals surface area contributed by atoms with Crippen LogP contribution in [-0.2, 0) is 6.42 Å². The van der Waals surface area contributed by atoms with Gasteiger partial charge in [-0.05, 0) is 43.8 Å². The van der Waals surface area contributed by atoms with Gasteiger partial charge in [0, 0.05) is 20.1 Å². The van der Waals surface area contributed by atoms with Crippen molar-refractivity contribution in [1.29, 1.82) is 0 Å². The third kappa shape index (κ3) is 7.76. The maximum atomic E-state index is 5.35. The van der Waals surface area contributed by atoms with Gasteiger partial charge in [0.1, 0.15) is 5.75 Å². The smallest absolute Gasteiger partial charge is 0.191 e. The summed E-state index contributed by atoms with van der Waals surface area (Å²) in [4.78, 5) is 6.52. The van der Waals surface area contributed by atoms with Gasteiger partial charge in [-0.3, -0.25) is 4.99 Å². The van der Waals surface area contributed by atoms with Crippen LogP contribution < -0.4 is 15.4 Å². The summed E-state index contributed by atoms with van der Waals surface area (Å²) in [6.45, 7) is 1.60. The van der Waals surface area contributed by atoms with Gasteiger partial charge in [0.2, 0.25) is 0 Å². The van der Waals surface area contributed by atoms with Gasteiger partial charge in [-0.25, -0.2) is 0 Å². The molecule has 0 aliphatic heterocycles. The highest BCUT2D eigenvalue weighted by molar-refractivity contribution is 14.0. The second-order valence-corrected chi connectivity index (χ2v) is 6.37. The molecule has 2 aromatic rings. The number of rotatable bonds is 8. The van der Waals surface area contributed by atoms with Crippen LogP contribution in [-0.4, -0.2) is 52.2 Å². The van der Waals surface area contributed by atoms with Crippen molar-refractivity contribution in [3.63, 3.8) is 0 Å². The third-order valence-electron chi connectivity index (χ3n) is 4.34. The molecule has 2 rings (SSSR count). The molecule has 148 valence electrons. The fraction of sp³-hybridized carbons (Fsp3) is 0.381. The summed E-state index contributed by atoms with van der Waals surface area (Å²) in [6.07, 6.45) is 0.967. The van der Waals surface area contributed by atoms with Crippen molar-refractivity contribution < 1.29 is 4.74 Å². The fourth-order valence-electron chi connectivity index (χ4n) is 2.83. The maximum absolute atomic E-state index is 5.35. The second kappa shape index (κ2) is 12.6. The van der Waals surface area contributed by atoms with Gasteiger partial charge in [-0.15, -0.1) is 24.0 Å². The predicted molar refractivity (Wildman–Crippen MR) is 124 cm³/mol. The number of guanidine groups is 1. The van der Waals surface area contributed by atoms with Crippen LogP contribution in [0.25, 0.3) is 0 Å². The Labute approximate surface area is 180 Å². The van der Waals surface area contributed by atoms with Crippen LogP contribution in [0.3, 0.4) is 0 Å². The maximum Gasteiger partial charge on any atom is 0.191 e. The Hall–Kier alpha value is -1.80. The molecule has 2 N–H and O–H groups in total. The van der Waals surface area contributed by atoms with E-state index in [1.807, 2.05) is 18.2 Å². The summed E-state index contributed by atoms with van der Waals surface area (Å²) in [6, 6.07) is 18.9. The van der Waals surface area contributed by atoms with Crippen molar-refractivity contribution in [3.8, 4) is 5.75 Å². The molecule has 0 spiro atoms. The summed E-state index contributed by atoms with van der Waals surface area (Å²) in [5, 5.41) is 6.81. The van der Waals surface area contributed by atoms with E-state index >= 15 is 0 Å². The molecule has 5 nitrogen and oxygen atoms in total. The van der Waals surface area contributed by atoms with Crippen LogP contribution in [0.4, 0.5) is 0 Å². The number of ether oxygens (including phenoxy) is 1. The molecule has 0 saturated heterocycles. The molecule has 0 aliphatic rings. The second-order valence-electron chi connectivity index (χ2n) is 6.37. The van der Waals surface area contributed by atoms with Crippen molar-refractivity contribution in [3.05, 3.63) is 65.7 Å². The Bertz CT molecular complexity index is 692. The van der Waals surface area contributed by atoms with E-state index in [-0.39, 0.29) is 30.0 Å². The largest absolute Gasteiger partial charge is 0.497 e. The van der Waals surface area contributed by atoms with E-state index in [9.17, 15) is 0 Å². The number of aliphatic imine (C=N–C) groups is 1. The van der Waals surface area contributed by atoms with Gasteiger partial charge < -0.3 is 20.3 Å². The van der Waals surface area contributed by atoms with Crippen LogP contribution in [0.5, 0.6) is 5.75 Å². The Kier molecular flexibility index (Phi) is 10.8. The molecule has 1 unspecified atom stereocenters. The first-order valence-corrected chi connectivity index (χ1v) is 8.93. The van der Waals surface area contributed by atoms with Crippen molar-refractivity contribution in [2.24, 2.45) is 4.99 Å². The summed E-state index contributed by atoms with van der Waals surface area (Å²) in [5.41, 5.74) is 2.53. The van der Waals surface area contributed by atoms with Gasteiger partial charge in [0.05, 0.1) is 13.2 Å². The Balaban J connectivity index is 0.00000364. The Morgan fingerprint density at radius 1 is 1.07 bits per heavy atom. The van der Waals surface area contributed by atoms with Crippen LogP contribution >= 0.6 is 24.0 Å². The van der Waals surface area contributed by atoms with Crippen LogP contribution in [0.2, 0.25) is 0 Å². The lowest BCUT2D eigenvalue weighted by Crippen LogP contribution is -2.42. The summed E-state index contributed by atoms with van der Waals surface area (Å²) < 4.78 is 5.35. The lowest BCUT2D eigenvalue weighted by molar-refractivity contribution is 0.297. The molecule has 0 amide bonds. The molecule has 0 saturated carbocycles. The lowest BCUT2D eigenvalue weighted by Gasteiger charge is -2.26. The van der Waals surface area contributed by atoms with Crippen LogP contribution in [0.1, 0.15) is 17.2 Å². The molecule has 6 heteroatoms. The lowest BCUT2D eigenvalue weighted by atomic mass is 10.1. The summed E-state index contributed by atoms with van der Waals surface area (Å²) >= 11 is 0. The number of likely N-dealkylation sites (N-methyl/N-ethyl adjacent to an activating group) is 1. The van der Waals surface area contributed by atoms with E-state index in [1.54, 1.807) is 14.2 Å². The number of methoxy groups -OCH3 is 1. The van der Waals surface area contributed by atoms with Crippen LogP contribution in [0.15, 0.2) is 59.6 Å². The molecule has 1 atom stereocenters. The molecular weight excluding hydrogens is 451 g/mol. The van der Waals surface area contributed by atoms with Gasteiger partial charge in [0.25, 0.3) is 0 Å². The zero-order valence-electron chi connectivity index (χ0n) is 16.6. The predicted octanol–water partition coefficient (Wildman–Crippen LogP) is 3.32. The molecule has 0 aromatic heterocycles. The Morgan fingerprint density at radius 2 is 1.81 bits per heavy atom. The van der Waals surface area contributed by atoms with Gasteiger partial charge in [-0.2, -0.15) is 0 Å². The van der Waals surface area contributed by atoms with E-state index in [2.05, 4.69) is 71.0 Å². The van der Waals surface area contributed by atoms with Crippen LogP contribution in [0, 0.1) is 0 Å². The van der Waals surface area contributed by atoms with Crippen molar-refractivity contribution in [1.82, 2.24) is 15.5 Å². The average Bonchev–Trinajstić information content (AvgIpc) is 2.67. The minimum Gasteiger partial charge on any atom is -0.497 e. The normalized spacial score (nSPS) is 12.3. The zero-order valence-corrected chi connectivity index (χ0v) is 18.9. The van der Waals surface area contributed by atoms with E-state index in [0.29, 0.717) is 0 Å².